The molecule has 0 aliphatic carbocycles. The van der Waals surface area contributed by atoms with Crippen LogP contribution in [0.4, 0.5) is 0 Å². The largest absolute Gasteiger partial charge is 0.341 e. The van der Waals surface area contributed by atoms with Crippen molar-refractivity contribution in [1.82, 2.24) is 25.1 Å². The van der Waals surface area contributed by atoms with Gasteiger partial charge in [0.1, 0.15) is 11.5 Å². The summed E-state index contributed by atoms with van der Waals surface area (Å²) in [5, 5.41) is 8.21. The van der Waals surface area contributed by atoms with Gasteiger partial charge in [0.2, 0.25) is 0 Å². The number of H-pyrrole nitrogens is 2. The van der Waals surface area contributed by atoms with Gasteiger partial charge in [-0.05, 0) is 19.1 Å². The summed E-state index contributed by atoms with van der Waals surface area (Å²) in [6, 6.07) is 7.83. The Kier molecular flexibility index (Phi) is 3.04. The van der Waals surface area contributed by atoms with Crippen LogP contribution in [0.3, 0.4) is 0 Å². The molecule has 0 aliphatic rings. The molecular formula is C12H11N5OS. The summed E-state index contributed by atoms with van der Waals surface area (Å²) in [7, 11) is 0. The lowest BCUT2D eigenvalue weighted by atomic mass is 10.3. The van der Waals surface area contributed by atoms with Crippen molar-refractivity contribution >= 4 is 22.8 Å². The standard InChI is InChI=1S/C12H11N5OS/c1-7-11(18)15-12(17-16-7)19-6-10-13-8-4-2-3-5-9(8)14-10/h2-5H,6H2,1H3,(H,13,14)(H,15,17,18). The Morgan fingerprint density at radius 1 is 1.21 bits per heavy atom. The molecule has 0 radical (unpaired) electrons. The number of para-hydroxylation sites is 2. The van der Waals surface area contributed by atoms with Crippen molar-refractivity contribution in [3.05, 3.63) is 46.1 Å². The fraction of sp³-hybridized carbons (Fsp3) is 0.167. The highest BCUT2D eigenvalue weighted by molar-refractivity contribution is 7.98. The zero-order valence-corrected chi connectivity index (χ0v) is 11.0. The average molecular weight is 273 g/mol. The van der Waals surface area contributed by atoms with Crippen LogP contribution in [-0.2, 0) is 5.75 Å². The number of nitrogens with zero attached hydrogens (tertiary/aromatic N) is 3. The normalized spacial score (nSPS) is 11.0. The predicted molar refractivity (Wildman–Crippen MR) is 73.0 cm³/mol. The van der Waals surface area contributed by atoms with E-state index in [-0.39, 0.29) is 5.56 Å². The Morgan fingerprint density at radius 2 is 2.05 bits per heavy atom. The SMILES string of the molecule is Cc1nnc(SCc2nc3ccccc3[nH]2)[nH]c1=O. The van der Waals surface area contributed by atoms with E-state index in [0.717, 1.165) is 16.9 Å². The number of hydrogen-bond acceptors (Lipinski definition) is 5. The fourth-order valence-corrected chi connectivity index (χ4v) is 2.33. The molecule has 0 unspecified atom stereocenters. The molecule has 0 saturated carbocycles. The van der Waals surface area contributed by atoms with Gasteiger partial charge in [-0.2, -0.15) is 0 Å². The van der Waals surface area contributed by atoms with E-state index < -0.39 is 0 Å². The average Bonchev–Trinajstić information content (AvgIpc) is 2.83. The van der Waals surface area contributed by atoms with Crippen molar-refractivity contribution < 1.29 is 0 Å². The Labute approximate surface area is 112 Å². The molecular weight excluding hydrogens is 262 g/mol. The minimum Gasteiger partial charge on any atom is -0.341 e. The second kappa shape index (κ2) is 4.85. The van der Waals surface area contributed by atoms with Crippen molar-refractivity contribution in [2.24, 2.45) is 0 Å². The minimum atomic E-state index is -0.206. The number of benzene rings is 1. The molecule has 0 amide bonds. The molecule has 3 rings (SSSR count). The van der Waals surface area contributed by atoms with Crippen molar-refractivity contribution in [3.63, 3.8) is 0 Å². The van der Waals surface area contributed by atoms with Crippen LogP contribution in [0.5, 0.6) is 0 Å². The van der Waals surface area contributed by atoms with Crippen molar-refractivity contribution in [3.8, 4) is 0 Å². The molecule has 19 heavy (non-hydrogen) atoms. The first-order chi connectivity index (χ1) is 9.22. The molecule has 1 aromatic carbocycles. The van der Waals surface area contributed by atoms with Crippen molar-refractivity contribution in [2.75, 3.05) is 0 Å². The topological polar surface area (TPSA) is 87.3 Å². The maximum atomic E-state index is 11.4. The summed E-state index contributed by atoms with van der Waals surface area (Å²) < 4.78 is 0. The number of aromatic amines is 2. The molecule has 3 aromatic rings. The Hall–Kier alpha value is -2.15. The highest BCUT2D eigenvalue weighted by atomic mass is 32.2. The summed E-state index contributed by atoms with van der Waals surface area (Å²) in [5.41, 5.74) is 2.10. The zero-order chi connectivity index (χ0) is 13.2. The van der Waals surface area contributed by atoms with Gasteiger partial charge in [0, 0.05) is 0 Å². The molecule has 96 valence electrons. The van der Waals surface area contributed by atoms with E-state index in [1.165, 1.54) is 11.8 Å². The fourth-order valence-electron chi connectivity index (χ4n) is 1.65. The van der Waals surface area contributed by atoms with Gasteiger partial charge < -0.3 is 4.98 Å². The first-order valence-electron chi connectivity index (χ1n) is 5.72. The Bertz CT molecular complexity index is 746. The van der Waals surface area contributed by atoms with E-state index in [1.54, 1.807) is 6.92 Å². The van der Waals surface area contributed by atoms with E-state index in [9.17, 15) is 4.79 Å². The first kappa shape index (κ1) is 11.9. The molecule has 0 spiro atoms. The molecule has 7 heteroatoms. The van der Waals surface area contributed by atoms with E-state index in [0.29, 0.717) is 16.6 Å². The highest BCUT2D eigenvalue weighted by Crippen LogP contribution is 2.18. The molecule has 0 saturated heterocycles. The van der Waals surface area contributed by atoms with E-state index in [4.69, 9.17) is 0 Å². The van der Waals surface area contributed by atoms with Crippen LogP contribution in [-0.4, -0.2) is 25.1 Å². The minimum absolute atomic E-state index is 0.206. The smallest absolute Gasteiger partial charge is 0.273 e. The number of thioether (sulfide) groups is 1. The molecule has 6 nitrogen and oxygen atoms in total. The number of aryl methyl sites for hydroxylation is 1. The second-order valence-electron chi connectivity index (χ2n) is 4.03. The maximum absolute atomic E-state index is 11.4. The Balaban J connectivity index is 1.78. The van der Waals surface area contributed by atoms with Crippen LogP contribution in [0.15, 0.2) is 34.2 Å². The van der Waals surface area contributed by atoms with Crippen molar-refractivity contribution in [2.45, 2.75) is 17.8 Å². The summed E-state index contributed by atoms with van der Waals surface area (Å²) in [6.07, 6.45) is 0. The third kappa shape index (κ3) is 2.50. The predicted octanol–water partition coefficient (Wildman–Crippen LogP) is 1.64. The lowest BCUT2D eigenvalue weighted by Crippen LogP contribution is -2.14. The number of rotatable bonds is 3. The number of nitrogens with one attached hydrogen (secondary N) is 2. The zero-order valence-electron chi connectivity index (χ0n) is 10.2. The van der Waals surface area contributed by atoms with Crippen LogP contribution in [0.2, 0.25) is 0 Å². The summed E-state index contributed by atoms with van der Waals surface area (Å²) >= 11 is 1.39. The summed E-state index contributed by atoms with van der Waals surface area (Å²) in [5.74, 6) is 1.44. The van der Waals surface area contributed by atoms with Crippen LogP contribution in [0.1, 0.15) is 11.5 Å². The van der Waals surface area contributed by atoms with E-state index in [1.807, 2.05) is 24.3 Å². The van der Waals surface area contributed by atoms with Crippen LogP contribution < -0.4 is 5.56 Å². The van der Waals surface area contributed by atoms with Crippen molar-refractivity contribution in [1.29, 1.82) is 0 Å². The first-order valence-corrected chi connectivity index (χ1v) is 6.71. The van der Waals surface area contributed by atoms with Gasteiger partial charge >= 0.3 is 0 Å². The quantitative estimate of drug-likeness (QED) is 0.708. The van der Waals surface area contributed by atoms with Gasteiger partial charge in [-0.3, -0.25) is 9.78 Å². The molecule has 2 N–H and O–H groups in total. The number of hydrogen-bond donors (Lipinski definition) is 2. The summed E-state index contributed by atoms with van der Waals surface area (Å²) in [6.45, 7) is 1.62. The molecule has 0 aliphatic heterocycles. The van der Waals surface area contributed by atoms with Gasteiger partial charge in [0.15, 0.2) is 5.16 Å². The van der Waals surface area contributed by atoms with Gasteiger partial charge in [-0.25, -0.2) is 4.98 Å². The Morgan fingerprint density at radius 3 is 2.84 bits per heavy atom. The van der Waals surface area contributed by atoms with Gasteiger partial charge in [0.25, 0.3) is 5.56 Å². The van der Waals surface area contributed by atoms with E-state index in [2.05, 4.69) is 25.1 Å². The second-order valence-corrected chi connectivity index (χ2v) is 5.00. The third-order valence-corrected chi connectivity index (χ3v) is 3.50. The molecule has 2 aromatic heterocycles. The third-order valence-electron chi connectivity index (χ3n) is 2.62. The number of imidazole rings is 1. The summed E-state index contributed by atoms with van der Waals surface area (Å²) in [4.78, 5) is 21.7. The molecule has 0 fully saturated rings. The van der Waals surface area contributed by atoms with E-state index >= 15 is 0 Å². The molecule has 0 bridgehead atoms. The number of fused-ring (bicyclic) bond motifs is 1. The molecule has 2 heterocycles. The highest BCUT2D eigenvalue weighted by Gasteiger charge is 2.05. The van der Waals surface area contributed by atoms with Gasteiger partial charge in [-0.15, -0.1) is 10.2 Å². The maximum Gasteiger partial charge on any atom is 0.273 e. The lowest BCUT2D eigenvalue weighted by Gasteiger charge is -1.97. The van der Waals surface area contributed by atoms with Gasteiger partial charge in [0.05, 0.1) is 16.8 Å². The monoisotopic (exact) mass is 273 g/mol. The van der Waals surface area contributed by atoms with Crippen LogP contribution in [0, 0.1) is 6.92 Å². The van der Waals surface area contributed by atoms with Gasteiger partial charge in [-0.1, -0.05) is 23.9 Å². The van der Waals surface area contributed by atoms with Crippen LogP contribution >= 0.6 is 11.8 Å². The lowest BCUT2D eigenvalue weighted by molar-refractivity contribution is 0.789. The number of aromatic nitrogens is 5. The van der Waals surface area contributed by atoms with Crippen LogP contribution in [0.25, 0.3) is 11.0 Å². The molecule has 0 atom stereocenters.